The van der Waals surface area contributed by atoms with Gasteiger partial charge >= 0.3 is 0 Å². The fourth-order valence-electron chi connectivity index (χ4n) is 1.83. The van der Waals surface area contributed by atoms with Crippen LogP contribution in [0.15, 0.2) is 24.3 Å². The molecule has 1 heteroatoms. The Bertz CT molecular complexity index is 434. The summed E-state index contributed by atoms with van der Waals surface area (Å²) >= 11 is 0. The van der Waals surface area contributed by atoms with Crippen LogP contribution in [0.2, 0.25) is 0 Å². The van der Waals surface area contributed by atoms with Gasteiger partial charge in [-0.15, -0.1) is 0 Å². The van der Waals surface area contributed by atoms with Crippen LogP contribution in [0.25, 0.3) is 0 Å². The predicted molar refractivity (Wildman–Crippen MR) is 60.6 cm³/mol. The fraction of sp³-hybridized carbons (Fsp3) is 0.357. The Morgan fingerprint density at radius 2 is 2.20 bits per heavy atom. The molecular formula is C14H14O. The highest BCUT2D eigenvalue weighted by molar-refractivity contribution is 5.91. The third kappa shape index (κ3) is 1.94. The summed E-state index contributed by atoms with van der Waals surface area (Å²) in [6, 6.07) is 8.00. The highest BCUT2D eigenvalue weighted by atomic mass is 16.1. The van der Waals surface area contributed by atoms with Crippen LogP contribution in [-0.4, -0.2) is 5.78 Å². The van der Waals surface area contributed by atoms with Gasteiger partial charge in [0.2, 0.25) is 0 Å². The summed E-state index contributed by atoms with van der Waals surface area (Å²) in [5.41, 5.74) is 2.15. The molecule has 1 saturated carbocycles. The maximum Gasteiger partial charge on any atom is 0.140 e. The zero-order valence-corrected chi connectivity index (χ0v) is 8.92. The zero-order valence-electron chi connectivity index (χ0n) is 8.92. The van der Waals surface area contributed by atoms with Gasteiger partial charge in [0.15, 0.2) is 0 Å². The number of carbonyl (C=O) groups excluding carboxylic acids is 1. The largest absolute Gasteiger partial charge is 0.299 e. The third-order valence-corrected chi connectivity index (χ3v) is 2.80. The van der Waals surface area contributed by atoms with E-state index in [0.717, 1.165) is 30.4 Å². The lowest BCUT2D eigenvalue weighted by Gasteiger charge is -2.25. The lowest BCUT2D eigenvalue weighted by Crippen LogP contribution is -2.23. The number of ketones is 1. The van der Waals surface area contributed by atoms with E-state index in [1.165, 1.54) is 0 Å². The minimum Gasteiger partial charge on any atom is -0.299 e. The van der Waals surface area contributed by atoms with Gasteiger partial charge in [0.25, 0.3) is 0 Å². The summed E-state index contributed by atoms with van der Waals surface area (Å²) in [4.78, 5) is 11.4. The minimum atomic E-state index is 0.118. The first kappa shape index (κ1) is 9.98. The van der Waals surface area contributed by atoms with Gasteiger partial charge in [0.1, 0.15) is 5.78 Å². The Kier molecular flexibility index (Phi) is 2.87. The maximum atomic E-state index is 11.4. The Balaban J connectivity index is 2.33. The van der Waals surface area contributed by atoms with Gasteiger partial charge in [-0.1, -0.05) is 37.0 Å². The zero-order chi connectivity index (χ0) is 10.7. The van der Waals surface area contributed by atoms with Crippen molar-refractivity contribution in [3.8, 4) is 11.8 Å². The van der Waals surface area contributed by atoms with E-state index in [1.807, 2.05) is 31.2 Å². The fourth-order valence-corrected chi connectivity index (χ4v) is 1.83. The smallest absolute Gasteiger partial charge is 0.140 e. The normalized spacial score (nSPS) is 19.0. The van der Waals surface area contributed by atoms with Gasteiger partial charge in [0.05, 0.1) is 0 Å². The molecule has 1 nitrogen and oxygen atoms in total. The summed E-state index contributed by atoms with van der Waals surface area (Å²) in [6.45, 7) is 2.03. The van der Waals surface area contributed by atoms with E-state index < -0.39 is 0 Å². The summed E-state index contributed by atoms with van der Waals surface area (Å²) in [7, 11) is 0. The van der Waals surface area contributed by atoms with Crippen molar-refractivity contribution in [1.29, 1.82) is 0 Å². The number of hydrogen-bond donors (Lipinski definition) is 0. The van der Waals surface area contributed by atoms with Crippen LogP contribution in [0.5, 0.6) is 0 Å². The van der Waals surface area contributed by atoms with Crippen molar-refractivity contribution in [2.45, 2.75) is 32.1 Å². The van der Waals surface area contributed by atoms with Crippen molar-refractivity contribution >= 4 is 5.78 Å². The quantitative estimate of drug-likeness (QED) is 0.634. The van der Waals surface area contributed by atoms with Crippen molar-refractivity contribution in [3.05, 3.63) is 35.4 Å². The number of benzene rings is 1. The van der Waals surface area contributed by atoms with E-state index in [0.29, 0.717) is 5.78 Å². The minimum absolute atomic E-state index is 0.118. The van der Waals surface area contributed by atoms with E-state index in [1.54, 1.807) is 0 Å². The average molecular weight is 198 g/mol. The molecule has 0 aliphatic heterocycles. The van der Waals surface area contributed by atoms with Crippen LogP contribution in [0.1, 0.15) is 43.2 Å². The Morgan fingerprint density at radius 3 is 2.80 bits per heavy atom. The molecule has 1 fully saturated rings. The van der Waals surface area contributed by atoms with Gasteiger partial charge < -0.3 is 0 Å². The molecule has 15 heavy (non-hydrogen) atoms. The molecule has 0 radical (unpaired) electrons. The van der Waals surface area contributed by atoms with Crippen LogP contribution in [0.3, 0.4) is 0 Å². The topological polar surface area (TPSA) is 17.1 Å². The van der Waals surface area contributed by atoms with Crippen molar-refractivity contribution in [1.82, 2.24) is 0 Å². The van der Waals surface area contributed by atoms with Crippen molar-refractivity contribution in [2.75, 3.05) is 0 Å². The van der Waals surface area contributed by atoms with E-state index in [-0.39, 0.29) is 5.92 Å². The molecule has 2 rings (SSSR count). The highest BCUT2D eigenvalue weighted by Gasteiger charge is 2.30. The number of rotatable bonds is 1. The summed E-state index contributed by atoms with van der Waals surface area (Å²) in [5, 5.41) is 0. The Morgan fingerprint density at radius 1 is 1.40 bits per heavy atom. The lowest BCUT2D eigenvalue weighted by molar-refractivity contribution is -0.125. The average Bonchev–Trinajstić information content (AvgIpc) is 2.26. The Labute approximate surface area is 90.5 Å². The molecule has 1 aliphatic rings. The standard InChI is InChI=1S/C14H14O/c1-2-3-6-11-7-4-5-8-12(11)13-9-10-14(13)15/h4-5,7-8,13H,2,9-10H2,1H3. The van der Waals surface area contributed by atoms with E-state index in [2.05, 4.69) is 11.8 Å². The first-order valence-electron chi connectivity index (χ1n) is 5.43. The van der Waals surface area contributed by atoms with Crippen LogP contribution in [0, 0.1) is 11.8 Å². The second-order valence-electron chi connectivity index (χ2n) is 3.80. The van der Waals surface area contributed by atoms with Crippen molar-refractivity contribution in [2.24, 2.45) is 0 Å². The van der Waals surface area contributed by atoms with E-state index in [4.69, 9.17) is 0 Å². The lowest BCUT2D eigenvalue weighted by atomic mass is 9.77. The molecule has 0 bridgehead atoms. The SMILES string of the molecule is CCC#Cc1ccccc1C1CCC1=O. The highest BCUT2D eigenvalue weighted by Crippen LogP contribution is 2.34. The molecular weight excluding hydrogens is 184 g/mol. The molecule has 1 aromatic rings. The molecule has 0 amide bonds. The second-order valence-corrected chi connectivity index (χ2v) is 3.80. The summed E-state index contributed by atoms with van der Waals surface area (Å²) in [6.07, 6.45) is 2.58. The molecule has 0 N–H and O–H groups in total. The number of carbonyl (C=O) groups is 1. The van der Waals surface area contributed by atoms with Crippen molar-refractivity contribution < 1.29 is 4.79 Å². The molecule has 1 aromatic carbocycles. The van der Waals surface area contributed by atoms with E-state index >= 15 is 0 Å². The number of hydrogen-bond acceptors (Lipinski definition) is 1. The Hall–Kier alpha value is -1.55. The molecule has 0 spiro atoms. The molecule has 1 aliphatic carbocycles. The van der Waals surface area contributed by atoms with Gasteiger partial charge in [0, 0.05) is 24.3 Å². The van der Waals surface area contributed by atoms with Gasteiger partial charge in [-0.05, 0) is 18.1 Å². The monoisotopic (exact) mass is 198 g/mol. The van der Waals surface area contributed by atoms with Crippen LogP contribution in [-0.2, 0) is 4.79 Å². The van der Waals surface area contributed by atoms with Crippen molar-refractivity contribution in [3.63, 3.8) is 0 Å². The second kappa shape index (κ2) is 4.31. The molecule has 1 atom stereocenters. The number of Topliss-reactive ketones (excluding diaryl/α,β-unsaturated/α-hetero) is 1. The summed E-state index contributed by atoms with van der Waals surface area (Å²) < 4.78 is 0. The molecule has 76 valence electrons. The van der Waals surface area contributed by atoms with Crippen LogP contribution < -0.4 is 0 Å². The molecule has 1 unspecified atom stereocenters. The molecule has 0 saturated heterocycles. The predicted octanol–water partition coefficient (Wildman–Crippen LogP) is 2.89. The first-order valence-corrected chi connectivity index (χ1v) is 5.43. The van der Waals surface area contributed by atoms with Gasteiger partial charge in [-0.2, -0.15) is 0 Å². The van der Waals surface area contributed by atoms with E-state index in [9.17, 15) is 4.79 Å². The third-order valence-electron chi connectivity index (χ3n) is 2.80. The first-order chi connectivity index (χ1) is 7.33. The van der Waals surface area contributed by atoms with Crippen LogP contribution >= 0.6 is 0 Å². The van der Waals surface area contributed by atoms with Gasteiger partial charge in [-0.3, -0.25) is 4.79 Å². The van der Waals surface area contributed by atoms with Crippen LogP contribution in [0.4, 0.5) is 0 Å². The molecule has 0 heterocycles. The molecule has 0 aromatic heterocycles. The maximum absolute atomic E-state index is 11.4. The van der Waals surface area contributed by atoms with Gasteiger partial charge in [-0.25, -0.2) is 0 Å². The summed E-state index contributed by atoms with van der Waals surface area (Å²) in [5.74, 6) is 6.67.